The molecule has 0 saturated heterocycles. The topological polar surface area (TPSA) is 73.1 Å². The van der Waals surface area contributed by atoms with Crippen molar-refractivity contribution < 1.29 is 4.74 Å². The van der Waals surface area contributed by atoms with Crippen LogP contribution in [0.3, 0.4) is 0 Å². The second kappa shape index (κ2) is 5.63. The lowest BCUT2D eigenvalue weighted by Gasteiger charge is -2.20. The van der Waals surface area contributed by atoms with Gasteiger partial charge in [-0.25, -0.2) is 15.8 Å². The Morgan fingerprint density at radius 1 is 1.44 bits per heavy atom. The normalized spacial score (nSPS) is 16.9. The van der Waals surface area contributed by atoms with E-state index < -0.39 is 0 Å². The minimum Gasteiger partial charge on any atom is -0.370 e. The van der Waals surface area contributed by atoms with Crippen molar-refractivity contribution in [2.24, 2.45) is 11.8 Å². The van der Waals surface area contributed by atoms with Gasteiger partial charge in [0.05, 0.1) is 0 Å². The third kappa shape index (κ3) is 2.97. The minimum absolute atomic E-state index is 0.0687. The molecule has 3 N–H and O–H groups in total. The molecule has 0 radical (unpaired) electrons. The summed E-state index contributed by atoms with van der Waals surface area (Å²) in [4.78, 5) is 9.08. The number of nitrogens with one attached hydrogen (secondary N) is 1. The van der Waals surface area contributed by atoms with Crippen LogP contribution < -0.4 is 11.3 Å². The lowest BCUT2D eigenvalue weighted by Crippen LogP contribution is -2.18. The van der Waals surface area contributed by atoms with Gasteiger partial charge in [-0.3, -0.25) is 0 Å². The van der Waals surface area contributed by atoms with E-state index in [0.29, 0.717) is 24.3 Å². The molecule has 0 aliphatic heterocycles. The molecule has 1 aromatic rings. The molecule has 1 heterocycles. The van der Waals surface area contributed by atoms with E-state index in [1.807, 2.05) is 13.0 Å². The van der Waals surface area contributed by atoms with Gasteiger partial charge in [0.1, 0.15) is 11.9 Å². The molecule has 0 bridgehead atoms. The van der Waals surface area contributed by atoms with Crippen molar-refractivity contribution in [3.63, 3.8) is 0 Å². The third-order valence-electron chi connectivity index (χ3n) is 3.11. The lowest BCUT2D eigenvalue weighted by atomic mass is 10.1. The molecule has 1 aliphatic carbocycles. The summed E-state index contributed by atoms with van der Waals surface area (Å²) >= 11 is 0. The third-order valence-corrected chi connectivity index (χ3v) is 3.11. The van der Waals surface area contributed by atoms with Gasteiger partial charge in [0, 0.05) is 24.3 Å². The van der Waals surface area contributed by atoms with Crippen LogP contribution in [0.5, 0.6) is 0 Å². The van der Waals surface area contributed by atoms with E-state index in [2.05, 4.69) is 29.2 Å². The van der Waals surface area contributed by atoms with Gasteiger partial charge in [0.25, 0.3) is 0 Å². The number of hydrazine groups is 1. The van der Waals surface area contributed by atoms with Gasteiger partial charge in [-0.2, -0.15) is 0 Å². The van der Waals surface area contributed by atoms with Crippen LogP contribution in [0.1, 0.15) is 57.2 Å². The Balaban J connectivity index is 2.31. The molecule has 0 aromatic carbocycles. The molecule has 1 unspecified atom stereocenters. The first-order valence-corrected chi connectivity index (χ1v) is 6.62. The highest BCUT2D eigenvalue weighted by atomic mass is 16.5. The zero-order chi connectivity index (χ0) is 13.1. The summed E-state index contributed by atoms with van der Waals surface area (Å²) in [7, 11) is 0. The summed E-state index contributed by atoms with van der Waals surface area (Å²) in [5.74, 6) is 7.81. The van der Waals surface area contributed by atoms with Crippen molar-refractivity contribution in [1.29, 1.82) is 0 Å². The number of anilines is 1. The Bertz CT molecular complexity index is 404. The predicted molar refractivity (Wildman–Crippen MR) is 71.0 cm³/mol. The number of hydrogen-bond acceptors (Lipinski definition) is 5. The summed E-state index contributed by atoms with van der Waals surface area (Å²) in [5, 5.41) is 0. The van der Waals surface area contributed by atoms with Crippen LogP contribution in [-0.4, -0.2) is 16.6 Å². The fourth-order valence-electron chi connectivity index (χ4n) is 2.02. The van der Waals surface area contributed by atoms with Crippen molar-refractivity contribution in [2.75, 3.05) is 12.0 Å². The first kappa shape index (κ1) is 13.2. The highest BCUT2D eigenvalue weighted by Gasteiger charge is 2.28. The summed E-state index contributed by atoms with van der Waals surface area (Å²) in [6.45, 7) is 6.87. The fraction of sp³-hybridized carbons (Fsp3) is 0.692. The molecule has 2 rings (SSSR count). The molecule has 1 saturated carbocycles. The van der Waals surface area contributed by atoms with Crippen molar-refractivity contribution >= 4 is 5.82 Å². The molecule has 1 aromatic heterocycles. The molecule has 0 spiro atoms. The zero-order valence-corrected chi connectivity index (χ0v) is 11.3. The molecule has 1 aliphatic rings. The van der Waals surface area contributed by atoms with Crippen molar-refractivity contribution in [3.05, 3.63) is 17.6 Å². The van der Waals surface area contributed by atoms with Gasteiger partial charge < -0.3 is 10.2 Å². The highest BCUT2D eigenvalue weighted by Crippen LogP contribution is 2.40. The number of aromatic nitrogens is 2. The standard InChI is InChI=1S/C13H22N4O/c1-4-18-12(8(2)3)13-15-10(9-5-6-9)7-11(16-13)17-14/h7-9,12H,4-6,14H2,1-3H3,(H,15,16,17). The average molecular weight is 250 g/mol. The van der Waals surface area contributed by atoms with E-state index in [9.17, 15) is 0 Å². The van der Waals surface area contributed by atoms with E-state index >= 15 is 0 Å². The number of nitrogens with two attached hydrogens (primary N) is 1. The predicted octanol–water partition coefficient (Wildman–Crippen LogP) is 2.37. The van der Waals surface area contributed by atoms with Crippen molar-refractivity contribution in [1.82, 2.24) is 9.97 Å². The number of nitrogens with zero attached hydrogens (tertiary/aromatic N) is 2. The second-order valence-corrected chi connectivity index (χ2v) is 5.07. The molecule has 5 nitrogen and oxygen atoms in total. The smallest absolute Gasteiger partial charge is 0.160 e. The van der Waals surface area contributed by atoms with Gasteiger partial charge in [0.2, 0.25) is 0 Å². The average Bonchev–Trinajstić information content (AvgIpc) is 3.19. The number of ether oxygens (including phenoxy) is 1. The van der Waals surface area contributed by atoms with Crippen LogP contribution in [0.15, 0.2) is 6.07 Å². The molecule has 18 heavy (non-hydrogen) atoms. The Morgan fingerprint density at radius 2 is 2.17 bits per heavy atom. The maximum absolute atomic E-state index is 5.75. The molecular formula is C13H22N4O. The van der Waals surface area contributed by atoms with Gasteiger partial charge in [-0.1, -0.05) is 13.8 Å². The van der Waals surface area contributed by atoms with E-state index in [0.717, 1.165) is 11.5 Å². The van der Waals surface area contributed by atoms with Gasteiger partial charge >= 0.3 is 0 Å². The van der Waals surface area contributed by atoms with Crippen LogP contribution in [0.4, 0.5) is 5.82 Å². The molecule has 1 atom stereocenters. The van der Waals surface area contributed by atoms with Crippen molar-refractivity contribution in [3.8, 4) is 0 Å². The summed E-state index contributed by atoms with van der Waals surface area (Å²) in [6.07, 6.45) is 2.35. The van der Waals surface area contributed by atoms with Gasteiger partial charge in [-0.15, -0.1) is 0 Å². The van der Waals surface area contributed by atoms with Crippen LogP contribution in [0.25, 0.3) is 0 Å². The SMILES string of the molecule is CCOC(c1nc(NN)cc(C2CC2)n1)C(C)C. The number of rotatable bonds is 6. The Kier molecular flexibility index (Phi) is 4.14. The molecule has 0 amide bonds. The van der Waals surface area contributed by atoms with Crippen molar-refractivity contribution in [2.45, 2.75) is 45.6 Å². The molecular weight excluding hydrogens is 228 g/mol. The summed E-state index contributed by atoms with van der Waals surface area (Å²) < 4.78 is 5.75. The number of hydrogen-bond donors (Lipinski definition) is 2. The largest absolute Gasteiger partial charge is 0.370 e. The maximum Gasteiger partial charge on any atom is 0.160 e. The van der Waals surface area contributed by atoms with Gasteiger partial charge in [0.15, 0.2) is 5.82 Å². The van der Waals surface area contributed by atoms with E-state index in [-0.39, 0.29) is 6.10 Å². The van der Waals surface area contributed by atoms with Crippen LogP contribution in [-0.2, 0) is 4.74 Å². The Hall–Kier alpha value is -1.20. The first-order chi connectivity index (χ1) is 8.65. The van der Waals surface area contributed by atoms with E-state index in [1.54, 1.807) is 0 Å². The van der Waals surface area contributed by atoms with Crippen LogP contribution in [0.2, 0.25) is 0 Å². The number of nitrogen functional groups attached to an aromatic ring is 1. The molecule has 100 valence electrons. The Labute approximate surface area is 108 Å². The van der Waals surface area contributed by atoms with Crippen LogP contribution in [0, 0.1) is 5.92 Å². The highest BCUT2D eigenvalue weighted by molar-refractivity contribution is 5.37. The fourth-order valence-corrected chi connectivity index (χ4v) is 2.02. The summed E-state index contributed by atoms with van der Waals surface area (Å²) in [5.41, 5.74) is 3.70. The van der Waals surface area contributed by atoms with E-state index in [4.69, 9.17) is 10.6 Å². The minimum atomic E-state index is -0.0687. The lowest BCUT2D eigenvalue weighted by molar-refractivity contribution is 0.0231. The first-order valence-electron chi connectivity index (χ1n) is 6.62. The molecule has 5 heteroatoms. The Morgan fingerprint density at radius 3 is 2.67 bits per heavy atom. The molecule has 1 fully saturated rings. The maximum atomic E-state index is 5.75. The quantitative estimate of drug-likeness (QED) is 0.599. The monoisotopic (exact) mass is 250 g/mol. The second-order valence-electron chi connectivity index (χ2n) is 5.07. The van der Waals surface area contributed by atoms with E-state index in [1.165, 1.54) is 12.8 Å². The summed E-state index contributed by atoms with van der Waals surface area (Å²) in [6, 6.07) is 1.94. The zero-order valence-electron chi connectivity index (χ0n) is 11.3. The van der Waals surface area contributed by atoms with Gasteiger partial charge in [-0.05, 0) is 25.7 Å². The van der Waals surface area contributed by atoms with Crippen LogP contribution >= 0.6 is 0 Å².